The normalized spacial score (nSPS) is 11.8. The molecule has 0 unspecified atom stereocenters. The van der Waals surface area contributed by atoms with E-state index in [-0.39, 0.29) is 0 Å². The second-order valence-electron chi connectivity index (χ2n) is 9.17. The highest BCUT2D eigenvalue weighted by molar-refractivity contribution is 6.06. The molecule has 0 bridgehead atoms. The van der Waals surface area contributed by atoms with Crippen LogP contribution in [0, 0.1) is 0 Å². The van der Waals surface area contributed by atoms with Crippen LogP contribution in [0.25, 0.3) is 67.1 Å². The zero-order chi connectivity index (χ0) is 24.3. The van der Waals surface area contributed by atoms with E-state index in [0.29, 0.717) is 5.71 Å². The van der Waals surface area contributed by atoms with Crippen molar-refractivity contribution in [1.82, 2.24) is 18.9 Å². The highest BCUT2D eigenvalue weighted by atomic mass is 16.3. The van der Waals surface area contributed by atoms with E-state index in [4.69, 9.17) is 14.4 Å². The number of pyridine rings is 1. The molecule has 0 aliphatic carbocycles. The first-order valence-electron chi connectivity index (χ1n) is 12.3. The zero-order valence-electron chi connectivity index (χ0n) is 19.7. The lowest BCUT2D eigenvalue weighted by molar-refractivity contribution is 0.656. The molecule has 0 amide bonds. The molecular weight excluding hydrogens is 456 g/mol. The number of benzene rings is 4. The summed E-state index contributed by atoms with van der Waals surface area (Å²) in [5.41, 5.74) is 9.90. The van der Waals surface area contributed by atoms with Gasteiger partial charge < -0.3 is 4.42 Å². The summed E-state index contributed by atoms with van der Waals surface area (Å²) in [5, 5.41) is 1.05. The van der Waals surface area contributed by atoms with Gasteiger partial charge in [0.1, 0.15) is 11.1 Å². The van der Waals surface area contributed by atoms with Crippen LogP contribution in [0.3, 0.4) is 0 Å². The van der Waals surface area contributed by atoms with Crippen LogP contribution in [0.15, 0.2) is 126 Å². The Morgan fingerprint density at radius 2 is 1.38 bits per heavy atom. The van der Waals surface area contributed by atoms with Gasteiger partial charge >= 0.3 is 0 Å². The number of hydrogen-bond donors (Lipinski definition) is 0. The fourth-order valence-corrected chi connectivity index (χ4v) is 5.29. The summed E-state index contributed by atoms with van der Waals surface area (Å²) in [4.78, 5) is 9.77. The van der Waals surface area contributed by atoms with Gasteiger partial charge in [-0.15, -0.1) is 0 Å². The Labute approximate surface area is 211 Å². The lowest BCUT2D eigenvalue weighted by atomic mass is 10.1. The van der Waals surface area contributed by atoms with Gasteiger partial charge in [-0.3, -0.25) is 14.0 Å². The smallest absolute Gasteiger partial charge is 0.248 e. The maximum Gasteiger partial charge on any atom is 0.248 e. The lowest BCUT2D eigenvalue weighted by Gasteiger charge is -2.07. The summed E-state index contributed by atoms with van der Waals surface area (Å²) >= 11 is 0. The molecule has 0 aliphatic heterocycles. The Balaban J connectivity index is 1.38. The second kappa shape index (κ2) is 7.67. The van der Waals surface area contributed by atoms with Crippen molar-refractivity contribution in [3.8, 4) is 28.1 Å². The van der Waals surface area contributed by atoms with Crippen LogP contribution in [0.5, 0.6) is 0 Å². The Morgan fingerprint density at radius 3 is 2.19 bits per heavy atom. The Morgan fingerprint density at radius 1 is 0.622 bits per heavy atom. The molecule has 37 heavy (non-hydrogen) atoms. The van der Waals surface area contributed by atoms with Gasteiger partial charge in [0.2, 0.25) is 11.5 Å². The molecule has 0 aliphatic rings. The van der Waals surface area contributed by atoms with Crippen molar-refractivity contribution in [2.75, 3.05) is 0 Å². The Bertz CT molecular complexity index is 2060. The fourth-order valence-electron chi connectivity index (χ4n) is 5.29. The average molecular weight is 477 g/mol. The molecule has 174 valence electrons. The van der Waals surface area contributed by atoms with Gasteiger partial charge in [0.05, 0.1) is 16.7 Å². The molecule has 8 aromatic rings. The Kier molecular flexibility index (Phi) is 4.16. The van der Waals surface area contributed by atoms with Crippen molar-refractivity contribution in [2.45, 2.75) is 0 Å². The monoisotopic (exact) mass is 476 g/mol. The van der Waals surface area contributed by atoms with E-state index in [9.17, 15) is 0 Å². The number of nitrogens with zero attached hydrogens (tertiary/aromatic N) is 4. The van der Waals surface area contributed by atoms with Crippen LogP contribution in [0.2, 0.25) is 0 Å². The third kappa shape index (κ3) is 2.98. The van der Waals surface area contributed by atoms with E-state index in [1.807, 2.05) is 60.8 Å². The van der Waals surface area contributed by atoms with Gasteiger partial charge in [0, 0.05) is 28.4 Å². The molecule has 4 aromatic heterocycles. The average Bonchev–Trinajstić information content (AvgIpc) is 3.60. The number of furan rings is 1. The molecule has 4 aromatic carbocycles. The molecule has 0 N–H and O–H groups in total. The Hall–Kier alpha value is -5.16. The summed E-state index contributed by atoms with van der Waals surface area (Å²) in [6.45, 7) is 0. The maximum absolute atomic E-state index is 6.12. The highest BCUT2D eigenvalue weighted by Crippen LogP contribution is 2.36. The van der Waals surface area contributed by atoms with Crippen LogP contribution >= 0.6 is 0 Å². The largest absolute Gasteiger partial charge is 0.436 e. The maximum atomic E-state index is 6.12. The van der Waals surface area contributed by atoms with Gasteiger partial charge in [-0.2, -0.15) is 4.98 Å². The molecule has 0 fully saturated rings. The standard InChI is InChI=1S/C32H20N4O/c1-3-9-21(10-4-1)23-15-17-26(33-20-23)22-16-18-27-28(19-22)35(24-11-5-2-6-12-24)32-34-31-30(36(27)32)25-13-7-8-14-29(25)37-31/h1-20H. The van der Waals surface area contributed by atoms with Crippen molar-refractivity contribution < 1.29 is 4.42 Å². The van der Waals surface area contributed by atoms with E-state index in [1.54, 1.807) is 0 Å². The number of rotatable bonds is 3. The third-order valence-electron chi connectivity index (χ3n) is 7.01. The predicted octanol–water partition coefficient (Wildman–Crippen LogP) is 7.91. The van der Waals surface area contributed by atoms with E-state index < -0.39 is 0 Å². The quantitative estimate of drug-likeness (QED) is 0.260. The van der Waals surface area contributed by atoms with E-state index in [2.05, 4.69) is 69.6 Å². The van der Waals surface area contributed by atoms with Crippen molar-refractivity contribution >= 4 is 39.0 Å². The second-order valence-corrected chi connectivity index (χ2v) is 9.17. The van der Waals surface area contributed by atoms with Crippen LogP contribution in [0.4, 0.5) is 0 Å². The number of fused-ring (bicyclic) bond motifs is 7. The first-order valence-corrected chi connectivity index (χ1v) is 12.3. The molecule has 0 atom stereocenters. The molecule has 8 rings (SSSR count). The zero-order valence-corrected chi connectivity index (χ0v) is 19.7. The van der Waals surface area contributed by atoms with Crippen LogP contribution in [0.1, 0.15) is 0 Å². The molecule has 0 spiro atoms. The van der Waals surface area contributed by atoms with Crippen molar-refractivity contribution in [3.63, 3.8) is 0 Å². The van der Waals surface area contributed by atoms with Gasteiger partial charge in [0.15, 0.2) is 0 Å². The molecule has 0 saturated heterocycles. The summed E-state index contributed by atoms with van der Waals surface area (Å²) < 4.78 is 10.5. The van der Waals surface area contributed by atoms with E-state index >= 15 is 0 Å². The molecule has 4 heterocycles. The van der Waals surface area contributed by atoms with Crippen LogP contribution in [-0.2, 0) is 0 Å². The number of para-hydroxylation sites is 2. The highest BCUT2D eigenvalue weighted by Gasteiger charge is 2.22. The summed E-state index contributed by atoms with van der Waals surface area (Å²) in [6, 6.07) is 39.5. The minimum Gasteiger partial charge on any atom is -0.436 e. The minimum absolute atomic E-state index is 0.644. The lowest BCUT2D eigenvalue weighted by Crippen LogP contribution is -1.95. The van der Waals surface area contributed by atoms with Crippen LogP contribution < -0.4 is 0 Å². The first-order chi connectivity index (χ1) is 18.3. The SMILES string of the molecule is c1ccc(-c2ccc(-c3ccc4c(c3)n(-c3ccccc3)c3nc5oc6ccccc6c5n43)nc2)cc1. The van der Waals surface area contributed by atoms with Gasteiger partial charge in [-0.05, 0) is 48.0 Å². The predicted molar refractivity (Wildman–Crippen MR) is 148 cm³/mol. The first kappa shape index (κ1) is 20.1. The van der Waals surface area contributed by atoms with Gasteiger partial charge in [-0.1, -0.05) is 72.8 Å². The summed E-state index contributed by atoms with van der Waals surface area (Å²) in [7, 11) is 0. The molecular formula is C32H20N4O. The summed E-state index contributed by atoms with van der Waals surface area (Å²) in [5.74, 6) is 0.824. The number of hydrogen-bond acceptors (Lipinski definition) is 3. The molecule has 5 heteroatoms. The van der Waals surface area contributed by atoms with E-state index in [0.717, 1.165) is 61.4 Å². The van der Waals surface area contributed by atoms with E-state index in [1.165, 1.54) is 0 Å². The fraction of sp³-hybridized carbons (Fsp3) is 0. The number of imidazole rings is 2. The van der Waals surface area contributed by atoms with Crippen molar-refractivity contribution in [1.29, 1.82) is 0 Å². The molecule has 5 nitrogen and oxygen atoms in total. The van der Waals surface area contributed by atoms with Crippen molar-refractivity contribution in [3.05, 3.63) is 121 Å². The number of aromatic nitrogens is 4. The molecule has 0 saturated carbocycles. The molecule has 0 radical (unpaired) electrons. The third-order valence-corrected chi connectivity index (χ3v) is 7.01. The van der Waals surface area contributed by atoms with Crippen molar-refractivity contribution in [2.24, 2.45) is 0 Å². The summed E-state index contributed by atoms with van der Waals surface area (Å²) in [6.07, 6.45) is 1.94. The van der Waals surface area contributed by atoms with Crippen LogP contribution in [-0.4, -0.2) is 18.9 Å². The van der Waals surface area contributed by atoms with Gasteiger partial charge in [-0.25, -0.2) is 0 Å². The topological polar surface area (TPSA) is 48.3 Å². The van der Waals surface area contributed by atoms with Gasteiger partial charge in [0.25, 0.3) is 0 Å². The minimum atomic E-state index is 0.644.